The predicted molar refractivity (Wildman–Crippen MR) is 85.7 cm³/mol. The van der Waals surface area contributed by atoms with Gasteiger partial charge in [-0.15, -0.1) is 4.40 Å². The molecule has 1 aromatic carbocycles. The van der Waals surface area contributed by atoms with Crippen molar-refractivity contribution in [1.29, 1.82) is 0 Å². The first-order valence-corrected chi connectivity index (χ1v) is 9.28. The SMILES string of the molecule is O=S1(=O)N=CN(C2CCCCCCC2)c2cc(Cl)ccc21. The summed E-state index contributed by atoms with van der Waals surface area (Å²) >= 11 is 6.07. The Morgan fingerprint density at radius 1 is 1.10 bits per heavy atom. The monoisotopic (exact) mass is 326 g/mol. The summed E-state index contributed by atoms with van der Waals surface area (Å²) in [5.74, 6) is 0. The highest BCUT2D eigenvalue weighted by Gasteiger charge is 2.29. The number of hydrogen-bond acceptors (Lipinski definition) is 3. The quantitative estimate of drug-likeness (QED) is 0.784. The molecule has 0 saturated heterocycles. The number of benzene rings is 1. The van der Waals surface area contributed by atoms with E-state index < -0.39 is 10.0 Å². The van der Waals surface area contributed by atoms with Gasteiger partial charge in [0.05, 0.1) is 5.69 Å². The average Bonchev–Trinajstić information content (AvgIpc) is 2.39. The van der Waals surface area contributed by atoms with E-state index in [1.54, 1.807) is 18.2 Å². The van der Waals surface area contributed by atoms with Crippen LogP contribution in [0.5, 0.6) is 0 Å². The number of fused-ring (bicyclic) bond motifs is 1. The summed E-state index contributed by atoms with van der Waals surface area (Å²) < 4.78 is 27.9. The lowest BCUT2D eigenvalue weighted by Crippen LogP contribution is -2.37. The summed E-state index contributed by atoms with van der Waals surface area (Å²) in [7, 11) is -3.58. The Morgan fingerprint density at radius 2 is 1.76 bits per heavy atom. The van der Waals surface area contributed by atoms with Crippen LogP contribution in [0.1, 0.15) is 44.9 Å². The van der Waals surface area contributed by atoms with Gasteiger partial charge in [0.15, 0.2) is 0 Å². The minimum Gasteiger partial charge on any atom is -0.327 e. The molecule has 1 fully saturated rings. The second-order valence-corrected chi connectivity index (χ2v) is 7.75. The topological polar surface area (TPSA) is 49.7 Å². The Kier molecular flexibility index (Phi) is 4.22. The third kappa shape index (κ3) is 3.09. The zero-order valence-corrected chi connectivity index (χ0v) is 13.4. The van der Waals surface area contributed by atoms with Crippen molar-refractivity contribution in [2.24, 2.45) is 4.40 Å². The van der Waals surface area contributed by atoms with Gasteiger partial charge in [0, 0.05) is 11.1 Å². The molecule has 0 amide bonds. The van der Waals surface area contributed by atoms with Crippen LogP contribution in [-0.4, -0.2) is 20.8 Å². The largest absolute Gasteiger partial charge is 0.327 e. The summed E-state index contributed by atoms with van der Waals surface area (Å²) in [6.45, 7) is 0. The molecule has 1 heterocycles. The molecule has 21 heavy (non-hydrogen) atoms. The highest BCUT2D eigenvalue weighted by molar-refractivity contribution is 7.90. The van der Waals surface area contributed by atoms with Crippen LogP contribution in [0.15, 0.2) is 27.5 Å². The Balaban J connectivity index is 1.98. The van der Waals surface area contributed by atoms with Crippen molar-refractivity contribution in [3.8, 4) is 0 Å². The van der Waals surface area contributed by atoms with Gasteiger partial charge in [-0.1, -0.05) is 43.7 Å². The van der Waals surface area contributed by atoms with Crippen molar-refractivity contribution in [2.45, 2.75) is 55.9 Å². The van der Waals surface area contributed by atoms with Crippen molar-refractivity contribution < 1.29 is 8.42 Å². The molecule has 114 valence electrons. The van der Waals surface area contributed by atoms with E-state index in [0.717, 1.165) is 12.8 Å². The maximum Gasteiger partial charge on any atom is 0.285 e. The van der Waals surface area contributed by atoms with Gasteiger partial charge in [-0.3, -0.25) is 0 Å². The summed E-state index contributed by atoms with van der Waals surface area (Å²) in [5, 5.41) is 0.551. The van der Waals surface area contributed by atoms with Gasteiger partial charge in [0.2, 0.25) is 0 Å². The molecule has 1 aliphatic heterocycles. The van der Waals surface area contributed by atoms with Crippen molar-refractivity contribution >= 4 is 33.7 Å². The fraction of sp³-hybridized carbons (Fsp3) is 0.533. The third-order valence-electron chi connectivity index (χ3n) is 4.26. The molecular weight excluding hydrogens is 308 g/mol. The molecule has 1 aliphatic carbocycles. The molecule has 0 N–H and O–H groups in total. The lowest BCUT2D eigenvalue weighted by atomic mass is 9.95. The normalized spacial score (nSPS) is 22.4. The van der Waals surface area contributed by atoms with Gasteiger partial charge in [-0.05, 0) is 31.0 Å². The third-order valence-corrected chi connectivity index (χ3v) is 5.76. The number of sulfonamides is 1. The number of anilines is 1. The first-order valence-electron chi connectivity index (χ1n) is 7.46. The molecule has 6 heteroatoms. The van der Waals surface area contributed by atoms with Crippen LogP contribution in [0.2, 0.25) is 5.02 Å². The average molecular weight is 327 g/mol. The second kappa shape index (κ2) is 5.97. The molecule has 0 radical (unpaired) electrons. The lowest BCUT2D eigenvalue weighted by molar-refractivity contribution is 0.452. The van der Waals surface area contributed by atoms with Crippen LogP contribution in [-0.2, 0) is 10.0 Å². The molecule has 4 nitrogen and oxygen atoms in total. The molecule has 0 spiro atoms. The second-order valence-electron chi connectivity index (χ2n) is 5.71. The van der Waals surface area contributed by atoms with E-state index in [1.807, 2.05) is 4.90 Å². The fourth-order valence-electron chi connectivity index (χ4n) is 3.15. The molecule has 3 rings (SSSR count). The highest BCUT2D eigenvalue weighted by atomic mass is 35.5. The van der Waals surface area contributed by atoms with E-state index in [2.05, 4.69) is 4.40 Å². The van der Waals surface area contributed by atoms with Crippen molar-refractivity contribution in [2.75, 3.05) is 4.90 Å². The molecule has 1 saturated carbocycles. The van der Waals surface area contributed by atoms with Crippen molar-refractivity contribution in [1.82, 2.24) is 0 Å². The number of halogens is 1. The molecule has 1 aromatic rings. The maximum absolute atomic E-state index is 12.1. The molecule has 2 aliphatic rings. The number of nitrogens with zero attached hydrogens (tertiary/aromatic N) is 2. The number of rotatable bonds is 1. The first kappa shape index (κ1) is 14.9. The summed E-state index contributed by atoms with van der Waals surface area (Å²) in [4.78, 5) is 2.27. The molecule has 0 bridgehead atoms. The summed E-state index contributed by atoms with van der Waals surface area (Å²) in [6.07, 6.45) is 9.77. The Morgan fingerprint density at radius 3 is 2.48 bits per heavy atom. The van der Waals surface area contributed by atoms with E-state index in [-0.39, 0.29) is 4.90 Å². The Bertz CT molecular complexity index is 650. The van der Waals surface area contributed by atoms with Gasteiger partial charge in [-0.2, -0.15) is 8.42 Å². The predicted octanol–water partition coefficient (Wildman–Crippen LogP) is 3.99. The van der Waals surface area contributed by atoms with Gasteiger partial charge < -0.3 is 4.90 Å². The van der Waals surface area contributed by atoms with Crippen molar-refractivity contribution in [3.05, 3.63) is 23.2 Å². The molecule has 0 unspecified atom stereocenters. The fourth-order valence-corrected chi connectivity index (χ4v) is 4.32. The minimum atomic E-state index is -3.58. The zero-order chi connectivity index (χ0) is 14.9. The van der Waals surface area contributed by atoms with Crippen LogP contribution >= 0.6 is 11.6 Å². The maximum atomic E-state index is 12.1. The van der Waals surface area contributed by atoms with Gasteiger partial charge >= 0.3 is 0 Å². The standard InChI is InChI=1S/C15H19ClN2O2S/c16-12-8-9-15-14(10-12)18(11-17-21(15,19)20)13-6-4-2-1-3-5-7-13/h8-11,13H,1-7H2. The van der Waals surface area contributed by atoms with Crippen LogP contribution in [0.4, 0.5) is 5.69 Å². The lowest BCUT2D eigenvalue weighted by Gasteiger charge is -2.34. The van der Waals surface area contributed by atoms with Crippen LogP contribution in [0, 0.1) is 0 Å². The summed E-state index contributed by atoms with van der Waals surface area (Å²) in [5.41, 5.74) is 0.670. The van der Waals surface area contributed by atoms with E-state index in [4.69, 9.17) is 11.6 Å². The van der Waals surface area contributed by atoms with Crippen LogP contribution in [0.3, 0.4) is 0 Å². The molecule has 0 atom stereocenters. The van der Waals surface area contributed by atoms with E-state index >= 15 is 0 Å². The smallest absolute Gasteiger partial charge is 0.285 e. The minimum absolute atomic E-state index is 0.261. The summed E-state index contributed by atoms with van der Waals surface area (Å²) in [6, 6.07) is 5.20. The van der Waals surface area contributed by atoms with Gasteiger partial charge in [-0.25, -0.2) is 0 Å². The zero-order valence-electron chi connectivity index (χ0n) is 11.8. The van der Waals surface area contributed by atoms with Crippen LogP contribution in [0.25, 0.3) is 0 Å². The first-order chi connectivity index (χ1) is 10.1. The van der Waals surface area contributed by atoms with Gasteiger partial charge in [0.1, 0.15) is 11.2 Å². The van der Waals surface area contributed by atoms with E-state index in [0.29, 0.717) is 16.8 Å². The van der Waals surface area contributed by atoms with Crippen LogP contribution < -0.4 is 4.90 Å². The van der Waals surface area contributed by atoms with E-state index in [9.17, 15) is 8.42 Å². The Hall–Kier alpha value is -1.07. The Labute approximate surface area is 130 Å². The molecular formula is C15H19ClN2O2S. The van der Waals surface area contributed by atoms with Gasteiger partial charge in [0.25, 0.3) is 10.0 Å². The highest BCUT2D eigenvalue weighted by Crippen LogP contribution is 2.35. The number of hydrogen-bond donors (Lipinski definition) is 0. The van der Waals surface area contributed by atoms with Crippen molar-refractivity contribution in [3.63, 3.8) is 0 Å². The molecule has 0 aromatic heterocycles. The van der Waals surface area contributed by atoms with E-state index in [1.165, 1.54) is 38.4 Å².